The molecule has 0 spiro atoms. The summed E-state index contributed by atoms with van der Waals surface area (Å²) in [6, 6.07) is 3.44. The molecule has 0 aliphatic rings. The highest BCUT2D eigenvalue weighted by Gasteiger charge is 2.12. The molecule has 1 aromatic rings. The molecule has 0 radical (unpaired) electrons. The van der Waals surface area contributed by atoms with Gasteiger partial charge in [-0.2, -0.15) is 4.39 Å². The molecular formula is C13H14F2O4. The third kappa shape index (κ3) is 5.03. The van der Waals surface area contributed by atoms with E-state index < -0.39 is 30.0 Å². The second-order valence-electron chi connectivity index (χ2n) is 3.68. The van der Waals surface area contributed by atoms with E-state index in [0.29, 0.717) is 0 Å². The van der Waals surface area contributed by atoms with E-state index in [9.17, 15) is 18.4 Å². The van der Waals surface area contributed by atoms with Gasteiger partial charge in [0.15, 0.2) is 17.3 Å². The van der Waals surface area contributed by atoms with Crippen LogP contribution in [0.15, 0.2) is 18.2 Å². The Bertz CT molecular complexity index is 460. The van der Waals surface area contributed by atoms with Gasteiger partial charge in [-0.3, -0.25) is 9.59 Å². The highest BCUT2D eigenvalue weighted by molar-refractivity contribution is 5.84. The standard InChI is InChI=1S/C13H14F2O4/c1-2-18-12(17)7-6-9(16)8-19-11-5-3-4-10(14)13(11)15/h3-5H,2,6-8H2,1H3. The van der Waals surface area contributed by atoms with Gasteiger partial charge in [-0.05, 0) is 19.1 Å². The number of carbonyl (C=O) groups excluding carboxylic acids is 2. The average molecular weight is 272 g/mol. The van der Waals surface area contributed by atoms with Crippen molar-refractivity contribution in [1.29, 1.82) is 0 Å². The van der Waals surface area contributed by atoms with Crippen molar-refractivity contribution in [3.63, 3.8) is 0 Å². The molecular weight excluding hydrogens is 258 g/mol. The molecule has 104 valence electrons. The topological polar surface area (TPSA) is 52.6 Å². The summed E-state index contributed by atoms with van der Waals surface area (Å²) in [5, 5.41) is 0. The first-order valence-corrected chi connectivity index (χ1v) is 5.78. The third-order valence-electron chi connectivity index (χ3n) is 2.22. The predicted octanol–water partition coefficient (Wildman–Crippen LogP) is 2.26. The fourth-order valence-corrected chi connectivity index (χ4v) is 1.30. The summed E-state index contributed by atoms with van der Waals surface area (Å²) in [7, 11) is 0. The molecule has 4 nitrogen and oxygen atoms in total. The molecule has 0 aliphatic heterocycles. The van der Waals surface area contributed by atoms with Gasteiger partial charge in [0.1, 0.15) is 6.61 Å². The lowest BCUT2D eigenvalue weighted by Gasteiger charge is -2.06. The Morgan fingerprint density at radius 3 is 2.63 bits per heavy atom. The Morgan fingerprint density at radius 2 is 1.95 bits per heavy atom. The number of benzene rings is 1. The van der Waals surface area contributed by atoms with Crippen molar-refractivity contribution in [3.8, 4) is 5.75 Å². The van der Waals surface area contributed by atoms with Crippen molar-refractivity contribution in [2.45, 2.75) is 19.8 Å². The Labute approximate surface area is 109 Å². The minimum Gasteiger partial charge on any atom is -0.483 e. The van der Waals surface area contributed by atoms with Gasteiger partial charge in [0.25, 0.3) is 0 Å². The zero-order valence-corrected chi connectivity index (χ0v) is 10.4. The van der Waals surface area contributed by atoms with Crippen LogP contribution in [-0.2, 0) is 14.3 Å². The fraction of sp³-hybridized carbons (Fsp3) is 0.385. The number of ketones is 1. The van der Waals surface area contributed by atoms with Crippen molar-refractivity contribution in [2.24, 2.45) is 0 Å². The highest BCUT2D eigenvalue weighted by atomic mass is 19.2. The van der Waals surface area contributed by atoms with Gasteiger partial charge < -0.3 is 9.47 Å². The molecule has 0 N–H and O–H groups in total. The van der Waals surface area contributed by atoms with Crippen LogP contribution in [0, 0.1) is 11.6 Å². The Hall–Kier alpha value is -1.98. The number of halogens is 2. The number of esters is 1. The summed E-state index contributed by atoms with van der Waals surface area (Å²) in [4.78, 5) is 22.4. The average Bonchev–Trinajstić information content (AvgIpc) is 2.38. The molecule has 0 aliphatic carbocycles. The van der Waals surface area contributed by atoms with Gasteiger partial charge in [-0.25, -0.2) is 4.39 Å². The fourth-order valence-electron chi connectivity index (χ4n) is 1.30. The first-order valence-electron chi connectivity index (χ1n) is 5.78. The van der Waals surface area contributed by atoms with Gasteiger partial charge in [-0.15, -0.1) is 0 Å². The van der Waals surface area contributed by atoms with Crippen LogP contribution in [0.25, 0.3) is 0 Å². The molecule has 0 heterocycles. The predicted molar refractivity (Wildman–Crippen MR) is 62.7 cm³/mol. The Balaban J connectivity index is 2.38. The largest absolute Gasteiger partial charge is 0.483 e. The zero-order chi connectivity index (χ0) is 14.3. The lowest BCUT2D eigenvalue weighted by molar-refractivity contribution is -0.144. The summed E-state index contributed by atoms with van der Waals surface area (Å²) >= 11 is 0. The summed E-state index contributed by atoms with van der Waals surface area (Å²) in [5.74, 6) is -3.38. The molecule has 0 saturated heterocycles. The molecule has 1 aromatic carbocycles. The second kappa shape index (κ2) is 7.45. The van der Waals surface area contributed by atoms with E-state index >= 15 is 0 Å². The van der Waals surface area contributed by atoms with Crippen molar-refractivity contribution < 1.29 is 27.8 Å². The maximum Gasteiger partial charge on any atom is 0.306 e. The van der Waals surface area contributed by atoms with Crippen LogP contribution in [-0.4, -0.2) is 25.0 Å². The normalized spacial score (nSPS) is 10.1. The van der Waals surface area contributed by atoms with Gasteiger partial charge in [0.05, 0.1) is 13.0 Å². The van der Waals surface area contributed by atoms with Gasteiger partial charge in [0, 0.05) is 6.42 Å². The highest BCUT2D eigenvalue weighted by Crippen LogP contribution is 2.19. The lowest BCUT2D eigenvalue weighted by Crippen LogP contribution is -2.14. The van der Waals surface area contributed by atoms with E-state index in [1.807, 2.05) is 0 Å². The summed E-state index contributed by atoms with van der Waals surface area (Å²) in [5.41, 5.74) is 0. The summed E-state index contributed by atoms with van der Waals surface area (Å²) in [6.07, 6.45) is -0.114. The third-order valence-corrected chi connectivity index (χ3v) is 2.22. The monoisotopic (exact) mass is 272 g/mol. The lowest BCUT2D eigenvalue weighted by atomic mass is 10.2. The van der Waals surface area contributed by atoms with E-state index in [1.165, 1.54) is 12.1 Å². The van der Waals surface area contributed by atoms with E-state index in [4.69, 9.17) is 4.74 Å². The first kappa shape index (κ1) is 15.1. The molecule has 0 aromatic heterocycles. The number of hydrogen-bond acceptors (Lipinski definition) is 4. The van der Waals surface area contributed by atoms with Crippen LogP contribution < -0.4 is 4.74 Å². The van der Waals surface area contributed by atoms with E-state index in [2.05, 4.69) is 4.74 Å². The number of carbonyl (C=O) groups is 2. The van der Waals surface area contributed by atoms with Crippen molar-refractivity contribution in [3.05, 3.63) is 29.8 Å². The quantitative estimate of drug-likeness (QED) is 0.714. The van der Waals surface area contributed by atoms with Crippen molar-refractivity contribution in [1.82, 2.24) is 0 Å². The maximum absolute atomic E-state index is 13.2. The molecule has 0 amide bonds. The minimum atomic E-state index is -1.14. The van der Waals surface area contributed by atoms with Gasteiger partial charge in [-0.1, -0.05) is 6.07 Å². The molecule has 0 bridgehead atoms. The van der Waals surface area contributed by atoms with E-state index in [1.54, 1.807) is 6.92 Å². The van der Waals surface area contributed by atoms with E-state index in [0.717, 1.165) is 6.07 Å². The molecule has 0 atom stereocenters. The number of rotatable bonds is 7. The molecule has 0 fully saturated rings. The molecule has 0 unspecified atom stereocenters. The van der Waals surface area contributed by atoms with Gasteiger partial charge in [0.2, 0.25) is 5.82 Å². The molecule has 6 heteroatoms. The summed E-state index contributed by atoms with van der Waals surface area (Å²) < 4.78 is 35.5. The van der Waals surface area contributed by atoms with Crippen LogP contribution in [0.1, 0.15) is 19.8 Å². The minimum absolute atomic E-state index is 0.0539. The number of Topliss-reactive ketones (excluding diaryl/α,β-unsaturated/α-hetero) is 1. The maximum atomic E-state index is 13.2. The summed E-state index contributed by atoms with van der Waals surface area (Å²) in [6.45, 7) is 1.49. The Morgan fingerprint density at radius 1 is 1.21 bits per heavy atom. The first-order chi connectivity index (χ1) is 9.04. The van der Waals surface area contributed by atoms with Gasteiger partial charge >= 0.3 is 5.97 Å². The van der Waals surface area contributed by atoms with Crippen LogP contribution in [0.2, 0.25) is 0 Å². The van der Waals surface area contributed by atoms with Crippen LogP contribution in [0.4, 0.5) is 8.78 Å². The van der Waals surface area contributed by atoms with Crippen LogP contribution in [0.5, 0.6) is 5.75 Å². The van der Waals surface area contributed by atoms with Crippen LogP contribution in [0.3, 0.4) is 0 Å². The van der Waals surface area contributed by atoms with Crippen LogP contribution >= 0.6 is 0 Å². The van der Waals surface area contributed by atoms with E-state index in [-0.39, 0.29) is 25.2 Å². The molecule has 19 heavy (non-hydrogen) atoms. The molecule has 0 saturated carbocycles. The molecule has 1 rings (SSSR count). The second-order valence-corrected chi connectivity index (χ2v) is 3.68. The number of ether oxygens (including phenoxy) is 2. The van der Waals surface area contributed by atoms with Crippen molar-refractivity contribution in [2.75, 3.05) is 13.2 Å². The smallest absolute Gasteiger partial charge is 0.306 e. The SMILES string of the molecule is CCOC(=O)CCC(=O)COc1cccc(F)c1F. The zero-order valence-electron chi connectivity index (χ0n) is 10.4. The number of hydrogen-bond donors (Lipinski definition) is 0. The van der Waals surface area contributed by atoms with Crippen molar-refractivity contribution >= 4 is 11.8 Å². The Kier molecular flexibility index (Phi) is 5.92.